The first-order valence-corrected chi connectivity index (χ1v) is 13.0. The van der Waals surface area contributed by atoms with Gasteiger partial charge in [0.1, 0.15) is 11.3 Å². The Labute approximate surface area is 230 Å². The molecule has 1 aliphatic rings. The van der Waals surface area contributed by atoms with Crippen molar-refractivity contribution < 1.29 is 23.0 Å². The van der Waals surface area contributed by atoms with E-state index in [1.165, 1.54) is 38.7 Å². The first-order valence-electron chi connectivity index (χ1n) is 13.0. The fraction of sp³-hybridized carbons (Fsp3) is 0.310. The van der Waals surface area contributed by atoms with Gasteiger partial charge in [0, 0.05) is 62.9 Å². The quantitative estimate of drug-likeness (QED) is 0.347. The molecule has 1 N–H and O–H groups in total. The van der Waals surface area contributed by atoms with Crippen LogP contribution in [0.25, 0.3) is 22.2 Å². The van der Waals surface area contributed by atoms with Crippen molar-refractivity contribution in [3.63, 3.8) is 0 Å². The lowest BCUT2D eigenvalue weighted by molar-refractivity contribution is 0.102. The van der Waals surface area contributed by atoms with Gasteiger partial charge in [0.05, 0.1) is 30.9 Å². The minimum absolute atomic E-state index is 0.106. The third-order valence-corrected chi connectivity index (χ3v) is 7.10. The van der Waals surface area contributed by atoms with Crippen LogP contribution in [0.4, 0.5) is 14.6 Å². The number of pyridine rings is 1. The lowest BCUT2D eigenvalue weighted by Gasteiger charge is -2.33. The van der Waals surface area contributed by atoms with E-state index < -0.39 is 17.5 Å². The van der Waals surface area contributed by atoms with Crippen molar-refractivity contribution in [3.05, 3.63) is 71.7 Å². The summed E-state index contributed by atoms with van der Waals surface area (Å²) in [6.45, 7) is 8.16. The van der Waals surface area contributed by atoms with Crippen LogP contribution in [0.3, 0.4) is 0 Å². The third-order valence-electron chi connectivity index (χ3n) is 7.10. The van der Waals surface area contributed by atoms with E-state index in [4.69, 9.17) is 9.47 Å². The third kappa shape index (κ3) is 5.43. The fourth-order valence-corrected chi connectivity index (χ4v) is 4.86. The maximum atomic E-state index is 15.3. The van der Waals surface area contributed by atoms with E-state index in [9.17, 15) is 4.79 Å². The van der Waals surface area contributed by atoms with Crippen molar-refractivity contribution in [1.82, 2.24) is 24.8 Å². The molecule has 9 nitrogen and oxygen atoms in total. The molecule has 1 aliphatic heterocycles. The number of fused-ring (bicyclic) bond motifs is 1. The largest absolute Gasteiger partial charge is 0.494 e. The highest BCUT2D eigenvalue weighted by Crippen LogP contribution is 2.40. The number of nitrogens with one attached hydrogen (secondary N) is 1. The minimum Gasteiger partial charge on any atom is -0.494 e. The summed E-state index contributed by atoms with van der Waals surface area (Å²) in [7, 11) is 2.55. The molecule has 0 spiro atoms. The molecule has 5 rings (SSSR count). The van der Waals surface area contributed by atoms with Gasteiger partial charge in [-0.3, -0.25) is 19.7 Å². The predicted octanol–water partition coefficient (Wildman–Crippen LogP) is 4.38. The number of nitrogens with zero attached hydrogens (tertiary/aromatic N) is 5. The molecule has 0 atom stereocenters. The maximum Gasteiger partial charge on any atom is 0.259 e. The Morgan fingerprint density at radius 1 is 0.900 bits per heavy atom. The van der Waals surface area contributed by atoms with Gasteiger partial charge in [0.15, 0.2) is 23.1 Å². The molecule has 11 heteroatoms. The lowest BCUT2D eigenvalue weighted by Crippen LogP contribution is -2.45. The van der Waals surface area contributed by atoms with Crippen LogP contribution >= 0.6 is 0 Å². The molecule has 0 saturated carbocycles. The molecule has 0 unspecified atom stereocenters. The summed E-state index contributed by atoms with van der Waals surface area (Å²) in [6.07, 6.45) is 4.56. The number of hydrogen-bond acceptors (Lipinski definition) is 8. The van der Waals surface area contributed by atoms with Crippen LogP contribution in [-0.4, -0.2) is 77.6 Å². The number of amides is 1. The van der Waals surface area contributed by atoms with Gasteiger partial charge in [-0.15, -0.1) is 0 Å². The number of carbonyl (C=O) groups excluding carboxylic acids is 1. The molecule has 208 valence electrons. The number of aromatic nitrogens is 3. The van der Waals surface area contributed by atoms with Gasteiger partial charge in [-0.1, -0.05) is 19.1 Å². The highest BCUT2D eigenvalue weighted by Gasteiger charge is 2.25. The Morgan fingerprint density at radius 3 is 2.15 bits per heavy atom. The second-order valence-electron chi connectivity index (χ2n) is 9.41. The Balaban J connectivity index is 1.39. The van der Waals surface area contributed by atoms with E-state index in [0.29, 0.717) is 5.82 Å². The zero-order chi connectivity index (χ0) is 28.2. The monoisotopic (exact) mass is 548 g/mol. The number of piperazine rings is 1. The van der Waals surface area contributed by atoms with E-state index in [0.717, 1.165) is 50.9 Å². The molecule has 1 fully saturated rings. The van der Waals surface area contributed by atoms with Gasteiger partial charge in [0.25, 0.3) is 5.91 Å². The van der Waals surface area contributed by atoms with Crippen molar-refractivity contribution in [2.24, 2.45) is 0 Å². The van der Waals surface area contributed by atoms with Crippen molar-refractivity contribution in [2.45, 2.75) is 13.5 Å². The van der Waals surface area contributed by atoms with Crippen LogP contribution in [0.15, 0.2) is 48.9 Å². The summed E-state index contributed by atoms with van der Waals surface area (Å²) in [4.78, 5) is 31.1. The Hall–Kier alpha value is -4.22. The number of benzene rings is 2. The molecule has 0 bridgehead atoms. The number of carbonyl (C=O) groups is 1. The number of halogens is 2. The van der Waals surface area contributed by atoms with Gasteiger partial charge in [-0.2, -0.15) is 0 Å². The number of rotatable bonds is 8. The molecule has 1 amide bonds. The zero-order valence-electron chi connectivity index (χ0n) is 22.6. The summed E-state index contributed by atoms with van der Waals surface area (Å²) >= 11 is 0. The van der Waals surface area contributed by atoms with Gasteiger partial charge in [-0.05, 0) is 24.2 Å². The number of methoxy groups -OCH3 is 2. The molecule has 0 aliphatic carbocycles. The van der Waals surface area contributed by atoms with Crippen LogP contribution in [-0.2, 0) is 6.54 Å². The second-order valence-corrected chi connectivity index (χ2v) is 9.41. The van der Waals surface area contributed by atoms with Crippen molar-refractivity contribution in [3.8, 4) is 22.6 Å². The topological polar surface area (TPSA) is 92.7 Å². The first kappa shape index (κ1) is 27.4. The number of likely N-dealkylation sites (N-methyl/N-ethyl adjacent to an activating group) is 1. The van der Waals surface area contributed by atoms with Gasteiger partial charge in [0.2, 0.25) is 0 Å². The lowest BCUT2D eigenvalue weighted by atomic mass is 9.98. The molecule has 40 heavy (non-hydrogen) atoms. The Morgan fingerprint density at radius 2 is 1.55 bits per heavy atom. The fourth-order valence-electron chi connectivity index (χ4n) is 4.86. The average Bonchev–Trinajstić information content (AvgIpc) is 2.98. The molecular formula is C29H30F2N6O3. The van der Waals surface area contributed by atoms with Crippen LogP contribution in [0.1, 0.15) is 22.8 Å². The molecule has 3 heterocycles. The maximum absolute atomic E-state index is 15.3. The number of hydrogen-bond donors (Lipinski definition) is 1. The first-order chi connectivity index (χ1) is 19.4. The van der Waals surface area contributed by atoms with E-state index >= 15 is 8.78 Å². The summed E-state index contributed by atoms with van der Waals surface area (Å²) in [5.74, 6) is -2.31. The predicted molar refractivity (Wildman–Crippen MR) is 148 cm³/mol. The molecule has 4 aromatic rings. The van der Waals surface area contributed by atoms with Crippen LogP contribution in [0, 0.1) is 11.6 Å². The number of ether oxygens (including phenoxy) is 2. The van der Waals surface area contributed by atoms with Crippen LogP contribution in [0.5, 0.6) is 11.5 Å². The smallest absolute Gasteiger partial charge is 0.259 e. The molecule has 2 aromatic carbocycles. The summed E-state index contributed by atoms with van der Waals surface area (Å²) in [5.41, 5.74) is 1.29. The van der Waals surface area contributed by atoms with Gasteiger partial charge in [-0.25, -0.2) is 13.8 Å². The molecular weight excluding hydrogens is 518 g/mol. The Kier molecular flexibility index (Phi) is 8.13. The van der Waals surface area contributed by atoms with E-state index in [2.05, 4.69) is 37.0 Å². The van der Waals surface area contributed by atoms with Crippen molar-refractivity contribution in [1.29, 1.82) is 0 Å². The summed E-state index contributed by atoms with van der Waals surface area (Å²) in [6, 6.07) is 7.72. The Bertz CT molecular complexity index is 1500. The molecule has 0 radical (unpaired) electrons. The standard InChI is InChI=1S/C29H30F2N6O3/c1-4-36-11-13-37(14-12-36)17-18-5-8-23(34-16-18)35-29(38)20-7-6-19(27-28(20)33-10-9-32-27)24-25(30)21(39-2)15-22(40-3)26(24)31/h5-10,15-16H,4,11-14,17H2,1-3H3,(H,34,35,38). The van der Waals surface area contributed by atoms with Crippen LogP contribution in [0.2, 0.25) is 0 Å². The normalized spacial score (nSPS) is 14.3. The summed E-state index contributed by atoms with van der Waals surface area (Å²) in [5, 5.41) is 2.79. The van der Waals surface area contributed by atoms with E-state index in [-0.39, 0.29) is 39.2 Å². The van der Waals surface area contributed by atoms with E-state index in [1.54, 1.807) is 12.3 Å². The summed E-state index contributed by atoms with van der Waals surface area (Å²) < 4.78 is 40.7. The van der Waals surface area contributed by atoms with Crippen molar-refractivity contribution in [2.75, 3.05) is 52.3 Å². The molecule has 1 saturated heterocycles. The van der Waals surface area contributed by atoms with Crippen molar-refractivity contribution >= 4 is 22.8 Å². The second kappa shape index (κ2) is 11.9. The van der Waals surface area contributed by atoms with Gasteiger partial charge < -0.3 is 19.7 Å². The molecule has 2 aromatic heterocycles. The van der Waals surface area contributed by atoms with E-state index in [1.807, 2.05) is 6.07 Å². The number of anilines is 1. The van der Waals surface area contributed by atoms with Gasteiger partial charge >= 0.3 is 0 Å². The minimum atomic E-state index is -0.915. The highest BCUT2D eigenvalue weighted by molar-refractivity contribution is 6.13. The van der Waals surface area contributed by atoms with Crippen LogP contribution < -0.4 is 14.8 Å². The SMILES string of the molecule is CCN1CCN(Cc2ccc(NC(=O)c3ccc(-c4c(F)c(OC)cc(OC)c4F)c4nccnc34)nc2)CC1. The highest BCUT2D eigenvalue weighted by atomic mass is 19.1. The zero-order valence-corrected chi connectivity index (χ0v) is 22.6. The average molecular weight is 549 g/mol.